The second-order valence-electron chi connectivity index (χ2n) is 16.5. The lowest BCUT2D eigenvalue weighted by Gasteiger charge is -2.23. The number of pyridine rings is 1. The van der Waals surface area contributed by atoms with Gasteiger partial charge in [-0.3, -0.25) is 4.79 Å². The van der Waals surface area contributed by atoms with Gasteiger partial charge in [-0.2, -0.15) is 0 Å². The molecular weight excluding hydrogens is 779 g/mol. The summed E-state index contributed by atoms with van der Waals surface area (Å²) >= 11 is 0. The molecule has 6 aromatic carbocycles. The van der Waals surface area contributed by atoms with Gasteiger partial charge in [0.2, 0.25) is 5.43 Å². The maximum Gasteiger partial charge on any atom is 0.235 e. The molecule has 63 heavy (non-hydrogen) atoms. The molecule has 0 unspecified atom stereocenters. The molecule has 0 radical (unpaired) electrons. The normalized spacial score (nSPS) is 11.1. The Morgan fingerprint density at radius 3 is 1.35 bits per heavy atom. The first-order chi connectivity index (χ1) is 31.2. The summed E-state index contributed by atoms with van der Waals surface area (Å²) in [6.45, 7) is 4.33. The van der Waals surface area contributed by atoms with Crippen molar-refractivity contribution in [1.82, 2.24) is 4.57 Å². The highest BCUT2D eigenvalue weighted by Crippen LogP contribution is 2.39. The van der Waals surface area contributed by atoms with Gasteiger partial charge in [-0.25, -0.2) is 0 Å². The van der Waals surface area contributed by atoms with Gasteiger partial charge < -0.3 is 23.5 Å². The highest BCUT2D eigenvalue weighted by atomic mass is 16.5. The van der Waals surface area contributed by atoms with Crippen LogP contribution in [0.4, 0.5) is 0 Å². The topological polar surface area (TPSA) is 58.9 Å². The average Bonchev–Trinajstić information content (AvgIpc) is 3.33. The fourth-order valence-corrected chi connectivity index (χ4v) is 8.10. The standard InChI is InChI=1S/C57H63NO5/c1-2-3-4-5-6-7-8-9-10-11-12-25-38-58-52-39-51(61-42-46-28-19-14-20-29-46)40-53(62-43-47-30-21-15-22-31-47)54(52)56(59)57(63-44-48-32-23-16-24-33-48)55(58)49-34-36-50(37-35-49)60-41-45-26-17-13-18-27-45/h13-24,26-37,39-40H,2-12,25,38,41-44H2,1H3. The van der Waals surface area contributed by atoms with Crippen LogP contribution in [-0.2, 0) is 33.0 Å². The van der Waals surface area contributed by atoms with Crippen LogP contribution >= 0.6 is 0 Å². The lowest BCUT2D eigenvalue weighted by atomic mass is 10.0. The van der Waals surface area contributed by atoms with E-state index in [4.69, 9.17) is 18.9 Å². The first kappa shape index (κ1) is 44.8. The fraction of sp³-hybridized carbons (Fsp3) is 0.316. The molecule has 0 fully saturated rings. The average molecular weight is 842 g/mol. The monoisotopic (exact) mass is 841 g/mol. The fourth-order valence-electron chi connectivity index (χ4n) is 8.10. The summed E-state index contributed by atoms with van der Waals surface area (Å²) in [6.07, 6.45) is 15.1. The SMILES string of the molecule is CCCCCCCCCCCCCCn1c(-c2ccc(OCc3ccccc3)cc2)c(OCc2ccccc2)c(=O)c2c(OCc3ccccc3)cc(OCc3ccccc3)cc21. The number of nitrogens with zero attached hydrogens (tertiary/aromatic N) is 1. The van der Waals surface area contributed by atoms with Crippen molar-refractivity contribution < 1.29 is 18.9 Å². The number of aryl methyl sites for hydroxylation is 1. The molecule has 0 bridgehead atoms. The molecule has 0 amide bonds. The summed E-state index contributed by atoms with van der Waals surface area (Å²) in [4.78, 5) is 15.2. The third-order valence-electron chi connectivity index (χ3n) is 11.6. The van der Waals surface area contributed by atoms with Gasteiger partial charge in [0, 0.05) is 24.2 Å². The number of ether oxygens (including phenoxy) is 4. The van der Waals surface area contributed by atoms with Gasteiger partial charge >= 0.3 is 0 Å². The van der Waals surface area contributed by atoms with E-state index < -0.39 is 0 Å². The van der Waals surface area contributed by atoms with Gasteiger partial charge in [0.25, 0.3) is 0 Å². The van der Waals surface area contributed by atoms with Crippen molar-refractivity contribution >= 4 is 10.9 Å². The van der Waals surface area contributed by atoms with Crippen molar-refractivity contribution in [3.05, 3.63) is 190 Å². The Balaban J connectivity index is 1.26. The Kier molecular flexibility index (Phi) is 17.3. The van der Waals surface area contributed by atoms with Crippen molar-refractivity contribution in [3.63, 3.8) is 0 Å². The molecule has 0 saturated heterocycles. The number of fused-ring (bicyclic) bond motifs is 1. The van der Waals surface area contributed by atoms with E-state index >= 15 is 4.79 Å². The Morgan fingerprint density at radius 2 is 0.857 bits per heavy atom. The number of hydrogen-bond donors (Lipinski definition) is 0. The van der Waals surface area contributed by atoms with Crippen LogP contribution in [0.15, 0.2) is 163 Å². The Bertz CT molecular complexity index is 2450. The largest absolute Gasteiger partial charge is 0.489 e. The third-order valence-corrected chi connectivity index (χ3v) is 11.6. The van der Waals surface area contributed by atoms with E-state index in [2.05, 4.69) is 35.8 Å². The van der Waals surface area contributed by atoms with Crippen molar-refractivity contribution in [2.45, 2.75) is 117 Å². The van der Waals surface area contributed by atoms with Crippen LogP contribution in [-0.4, -0.2) is 4.57 Å². The minimum Gasteiger partial charge on any atom is -0.489 e. The van der Waals surface area contributed by atoms with Crippen molar-refractivity contribution in [2.24, 2.45) is 0 Å². The highest BCUT2D eigenvalue weighted by molar-refractivity contribution is 5.92. The molecule has 0 N–H and O–H groups in total. The second-order valence-corrected chi connectivity index (χ2v) is 16.5. The van der Waals surface area contributed by atoms with Crippen LogP contribution in [0.1, 0.15) is 106 Å². The molecule has 0 spiro atoms. The maximum absolute atomic E-state index is 15.2. The molecule has 7 aromatic rings. The van der Waals surface area contributed by atoms with Gasteiger partial charge in [0.05, 0.1) is 16.6 Å². The van der Waals surface area contributed by atoms with Crippen molar-refractivity contribution in [2.75, 3.05) is 0 Å². The maximum atomic E-state index is 15.2. The summed E-state index contributed by atoms with van der Waals surface area (Å²) in [5, 5.41) is 0.478. The third kappa shape index (κ3) is 13.4. The van der Waals surface area contributed by atoms with E-state index in [1.165, 1.54) is 64.2 Å². The summed E-state index contributed by atoms with van der Waals surface area (Å²) < 4.78 is 28.4. The molecule has 7 rings (SSSR count). The number of rotatable bonds is 26. The molecule has 0 aliphatic carbocycles. The molecule has 326 valence electrons. The van der Waals surface area contributed by atoms with Crippen LogP contribution in [0.5, 0.6) is 23.0 Å². The van der Waals surface area contributed by atoms with Crippen LogP contribution < -0.4 is 24.4 Å². The van der Waals surface area contributed by atoms with E-state index in [-0.39, 0.29) is 12.0 Å². The number of benzene rings is 6. The molecule has 6 nitrogen and oxygen atoms in total. The van der Waals surface area contributed by atoms with Crippen LogP contribution in [0.2, 0.25) is 0 Å². The molecule has 0 atom stereocenters. The number of hydrogen-bond acceptors (Lipinski definition) is 5. The van der Waals surface area contributed by atoms with Gasteiger partial charge in [-0.15, -0.1) is 0 Å². The van der Waals surface area contributed by atoms with E-state index in [0.29, 0.717) is 49.0 Å². The minimum absolute atomic E-state index is 0.219. The molecular formula is C57H63NO5. The van der Waals surface area contributed by atoms with Crippen molar-refractivity contribution in [3.8, 4) is 34.3 Å². The predicted molar refractivity (Wildman–Crippen MR) is 258 cm³/mol. The van der Waals surface area contributed by atoms with Crippen molar-refractivity contribution in [1.29, 1.82) is 0 Å². The Labute approximate surface area is 374 Å². The van der Waals surface area contributed by atoms with Gasteiger partial charge in [-0.05, 0) is 52.9 Å². The zero-order chi connectivity index (χ0) is 43.3. The lowest BCUT2D eigenvalue weighted by molar-refractivity contribution is 0.291. The summed E-state index contributed by atoms with van der Waals surface area (Å²) in [7, 11) is 0. The van der Waals surface area contributed by atoms with E-state index in [0.717, 1.165) is 57.6 Å². The number of aromatic nitrogens is 1. The van der Waals surface area contributed by atoms with Gasteiger partial charge in [0.15, 0.2) is 5.75 Å². The van der Waals surface area contributed by atoms with Crippen LogP contribution in [0.25, 0.3) is 22.2 Å². The first-order valence-corrected chi connectivity index (χ1v) is 23.2. The highest BCUT2D eigenvalue weighted by Gasteiger charge is 2.24. The molecule has 6 heteroatoms. The molecule has 1 aromatic heterocycles. The first-order valence-electron chi connectivity index (χ1n) is 23.2. The van der Waals surface area contributed by atoms with Crippen LogP contribution in [0, 0.1) is 0 Å². The van der Waals surface area contributed by atoms with E-state index in [1.807, 2.05) is 133 Å². The summed E-state index contributed by atoms with van der Waals surface area (Å²) in [6, 6.07) is 52.3. The van der Waals surface area contributed by atoms with E-state index in [9.17, 15) is 0 Å². The molecule has 0 saturated carbocycles. The molecule has 0 aliphatic rings. The molecule has 0 aliphatic heterocycles. The quantitative estimate of drug-likeness (QED) is 0.0508. The molecule has 1 heterocycles. The van der Waals surface area contributed by atoms with E-state index in [1.54, 1.807) is 0 Å². The predicted octanol–water partition coefficient (Wildman–Crippen LogP) is 14.7. The zero-order valence-electron chi connectivity index (χ0n) is 37.0. The van der Waals surface area contributed by atoms with Gasteiger partial charge in [0.1, 0.15) is 43.7 Å². The second kappa shape index (κ2) is 24.4. The zero-order valence-corrected chi connectivity index (χ0v) is 37.0. The Morgan fingerprint density at radius 1 is 0.429 bits per heavy atom. The van der Waals surface area contributed by atoms with Crippen LogP contribution in [0.3, 0.4) is 0 Å². The summed E-state index contributed by atoms with van der Waals surface area (Å²) in [5.74, 6) is 2.14. The lowest BCUT2D eigenvalue weighted by Crippen LogP contribution is -2.18. The van der Waals surface area contributed by atoms with Gasteiger partial charge in [-0.1, -0.05) is 199 Å². The Hall–Kier alpha value is -6.27. The number of unbranched alkanes of at least 4 members (excludes halogenated alkanes) is 11. The summed E-state index contributed by atoms with van der Waals surface area (Å²) in [5.41, 5.74) is 6.26. The minimum atomic E-state index is -0.219. The smallest absolute Gasteiger partial charge is 0.235 e.